The summed E-state index contributed by atoms with van der Waals surface area (Å²) in [6.07, 6.45) is 2.87. The van der Waals surface area contributed by atoms with E-state index in [1.165, 1.54) is 0 Å². The van der Waals surface area contributed by atoms with E-state index in [-0.39, 0.29) is 12.5 Å². The molecule has 2 rings (SSSR count). The molecule has 2 atom stereocenters. The Hall–Kier alpha value is -0.740. The van der Waals surface area contributed by atoms with Gasteiger partial charge < -0.3 is 5.11 Å². The number of aliphatic hydroxyl groups excluding tert-OH is 1. The largest absolute Gasteiger partial charge is 0.377 e. The average molecular weight is 125 g/mol. The molecule has 2 aliphatic heterocycles. The van der Waals surface area contributed by atoms with Crippen molar-refractivity contribution in [3.8, 4) is 0 Å². The second-order valence-electron chi connectivity index (χ2n) is 2.12. The molecule has 4 heteroatoms. The van der Waals surface area contributed by atoms with E-state index in [2.05, 4.69) is 9.98 Å². The lowest BCUT2D eigenvalue weighted by Gasteiger charge is -2.01. The highest BCUT2D eigenvalue weighted by molar-refractivity contribution is 6.17. The monoisotopic (exact) mass is 125 g/mol. The third-order valence-corrected chi connectivity index (χ3v) is 1.43. The van der Waals surface area contributed by atoms with Crippen molar-refractivity contribution in [1.82, 2.24) is 4.90 Å². The molecule has 0 spiro atoms. The Morgan fingerprint density at radius 1 is 1.44 bits per heavy atom. The van der Waals surface area contributed by atoms with Crippen LogP contribution in [0.1, 0.15) is 0 Å². The van der Waals surface area contributed by atoms with Crippen LogP contribution in [-0.4, -0.2) is 41.5 Å². The van der Waals surface area contributed by atoms with Gasteiger partial charge in [0.05, 0.1) is 0 Å². The van der Waals surface area contributed by atoms with Gasteiger partial charge in [0.15, 0.2) is 6.29 Å². The highest BCUT2D eigenvalue weighted by atomic mass is 16.3. The number of hydrogen-bond donors (Lipinski definition) is 1. The zero-order valence-electron chi connectivity index (χ0n) is 4.81. The first-order chi connectivity index (χ1) is 4.38. The topological polar surface area (TPSA) is 48.0 Å². The van der Waals surface area contributed by atoms with Gasteiger partial charge in [-0.1, -0.05) is 0 Å². The summed E-state index contributed by atoms with van der Waals surface area (Å²) in [7, 11) is 0. The molecule has 1 N–H and O–H groups in total. The lowest BCUT2D eigenvalue weighted by molar-refractivity contribution is 0.189. The van der Waals surface area contributed by atoms with Gasteiger partial charge in [-0.05, 0) is 0 Å². The summed E-state index contributed by atoms with van der Waals surface area (Å²) in [4.78, 5) is 9.73. The van der Waals surface area contributed by atoms with Gasteiger partial charge in [0.2, 0.25) is 0 Å². The van der Waals surface area contributed by atoms with Crippen LogP contribution in [0, 0.1) is 0 Å². The Balaban J connectivity index is 2.00. The van der Waals surface area contributed by atoms with Crippen molar-refractivity contribution in [3.05, 3.63) is 0 Å². The molecule has 0 aromatic heterocycles. The smallest absolute Gasteiger partial charge is 0.198 e. The van der Waals surface area contributed by atoms with Gasteiger partial charge in [0.25, 0.3) is 0 Å². The Bertz CT molecular complexity index is 165. The van der Waals surface area contributed by atoms with Crippen molar-refractivity contribution in [2.45, 2.75) is 12.5 Å². The van der Waals surface area contributed by atoms with Gasteiger partial charge in [0, 0.05) is 19.0 Å². The number of aliphatic hydroxyl groups is 1. The lowest BCUT2D eigenvalue weighted by atomic mass is 10.9. The van der Waals surface area contributed by atoms with E-state index in [0.29, 0.717) is 6.54 Å². The van der Waals surface area contributed by atoms with Gasteiger partial charge in [-0.25, -0.2) is 14.9 Å². The predicted octanol–water partition coefficient (Wildman–Crippen LogP) is -0.941. The molecule has 0 aromatic carbocycles. The van der Waals surface area contributed by atoms with Gasteiger partial charge in [-0.3, -0.25) is 0 Å². The van der Waals surface area contributed by atoms with E-state index >= 15 is 0 Å². The molecule has 2 aliphatic rings. The van der Waals surface area contributed by atoms with Gasteiger partial charge >= 0.3 is 0 Å². The number of hydrogen-bond acceptors (Lipinski definition) is 4. The summed E-state index contributed by atoms with van der Waals surface area (Å²) in [5, 5.41) is 8.86. The Morgan fingerprint density at radius 2 is 2.00 bits per heavy atom. The highest BCUT2D eigenvalue weighted by Crippen LogP contribution is 2.20. The highest BCUT2D eigenvalue weighted by Gasteiger charge is 2.38. The fourth-order valence-electron chi connectivity index (χ4n) is 0.830. The first-order valence-corrected chi connectivity index (χ1v) is 2.87. The molecule has 1 saturated heterocycles. The number of β-amino-alcohol motifs (C(OH)–C–C–N with tert-alkyl or cyclic N) is 1. The summed E-state index contributed by atoms with van der Waals surface area (Å²) in [6.45, 7) is 0.708. The van der Waals surface area contributed by atoms with Crippen LogP contribution in [0.15, 0.2) is 9.98 Å². The summed E-state index contributed by atoms with van der Waals surface area (Å²) < 4.78 is 0. The molecule has 9 heavy (non-hydrogen) atoms. The fraction of sp³-hybridized carbons (Fsp3) is 0.600. The predicted molar refractivity (Wildman–Crippen MR) is 33.5 cm³/mol. The van der Waals surface area contributed by atoms with Crippen LogP contribution in [0.25, 0.3) is 0 Å². The molecular weight excluding hydrogens is 118 g/mol. The molecule has 0 aliphatic carbocycles. The Labute approximate surface area is 52.5 Å². The van der Waals surface area contributed by atoms with Crippen molar-refractivity contribution in [2.75, 3.05) is 6.54 Å². The second kappa shape index (κ2) is 1.62. The SMILES string of the molecule is OC1CN1C1N=CC=N1. The molecule has 0 amide bonds. The van der Waals surface area contributed by atoms with Crippen LogP contribution in [0.3, 0.4) is 0 Å². The maximum absolute atomic E-state index is 8.86. The van der Waals surface area contributed by atoms with E-state index in [9.17, 15) is 0 Å². The van der Waals surface area contributed by atoms with Crippen LogP contribution < -0.4 is 0 Å². The molecule has 4 nitrogen and oxygen atoms in total. The number of nitrogens with zero attached hydrogens (tertiary/aromatic N) is 3. The Morgan fingerprint density at radius 3 is 2.44 bits per heavy atom. The van der Waals surface area contributed by atoms with Crippen LogP contribution in [-0.2, 0) is 0 Å². The van der Waals surface area contributed by atoms with Crippen molar-refractivity contribution in [2.24, 2.45) is 9.98 Å². The normalized spacial score (nSPS) is 40.1. The molecule has 0 saturated carbocycles. The van der Waals surface area contributed by atoms with Gasteiger partial charge in [0.1, 0.15) is 6.23 Å². The van der Waals surface area contributed by atoms with Crippen LogP contribution in [0.2, 0.25) is 0 Å². The van der Waals surface area contributed by atoms with Crippen molar-refractivity contribution in [1.29, 1.82) is 0 Å². The fourth-order valence-corrected chi connectivity index (χ4v) is 0.830. The summed E-state index contributed by atoms with van der Waals surface area (Å²) in [5.74, 6) is 0. The zero-order chi connectivity index (χ0) is 6.27. The third kappa shape index (κ3) is 0.760. The second-order valence-corrected chi connectivity index (χ2v) is 2.12. The van der Waals surface area contributed by atoms with Crippen molar-refractivity contribution >= 4 is 12.4 Å². The minimum absolute atomic E-state index is 0.125. The average Bonchev–Trinajstić information content (AvgIpc) is 2.44. The minimum Gasteiger partial charge on any atom is -0.377 e. The molecule has 0 bridgehead atoms. The summed E-state index contributed by atoms with van der Waals surface area (Å²) in [6, 6.07) is 0. The molecule has 48 valence electrons. The van der Waals surface area contributed by atoms with Crippen LogP contribution in [0.4, 0.5) is 0 Å². The van der Waals surface area contributed by atoms with Crippen molar-refractivity contribution in [3.63, 3.8) is 0 Å². The van der Waals surface area contributed by atoms with Gasteiger partial charge in [-0.2, -0.15) is 0 Å². The molecule has 0 aromatic rings. The number of aliphatic imine (C=N–C) groups is 2. The van der Waals surface area contributed by atoms with E-state index in [0.717, 1.165) is 0 Å². The van der Waals surface area contributed by atoms with E-state index in [1.807, 2.05) is 0 Å². The maximum atomic E-state index is 8.86. The van der Waals surface area contributed by atoms with Gasteiger partial charge in [-0.15, -0.1) is 0 Å². The van der Waals surface area contributed by atoms with Crippen molar-refractivity contribution < 1.29 is 5.11 Å². The number of rotatable bonds is 1. The Kier molecular flexibility index (Phi) is 0.913. The lowest BCUT2D eigenvalue weighted by Crippen LogP contribution is -2.12. The molecule has 1 fully saturated rings. The molecular formula is C5H7N3O. The minimum atomic E-state index is -0.303. The quantitative estimate of drug-likeness (QED) is 0.460. The molecule has 2 unspecified atom stereocenters. The van der Waals surface area contributed by atoms with E-state index in [4.69, 9.17) is 5.11 Å². The van der Waals surface area contributed by atoms with Crippen LogP contribution in [0.5, 0.6) is 0 Å². The first kappa shape index (κ1) is 5.08. The van der Waals surface area contributed by atoms with E-state index < -0.39 is 0 Å². The summed E-state index contributed by atoms with van der Waals surface area (Å²) >= 11 is 0. The standard InChI is InChI=1S/C5H7N3O/c9-4-3-8(4)5-6-1-2-7-5/h1-2,4-5,9H,3H2. The summed E-state index contributed by atoms with van der Waals surface area (Å²) in [5.41, 5.74) is 0. The maximum Gasteiger partial charge on any atom is 0.198 e. The molecule has 2 heterocycles. The van der Waals surface area contributed by atoms with E-state index in [1.54, 1.807) is 17.3 Å². The first-order valence-electron chi connectivity index (χ1n) is 2.87. The third-order valence-electron chi connectivity index (χ3n) is 1.43. The van der Waals surface area contributed by atoms with Crippen LogP contribution >= 0.6 is 0 Å². The molecule has 0 radical (unpaired) electrons. The zero-order valence-corrected chi connectivity index (χ0v) is 4.81.